The molecule has 0 spiro atoms. The molecule has 32 heavy (non-hydrogen) atoms. The molecule has 0 radical (unpaired) electrons. The Morgan fingerprint density at radius 3 is 2.34 bits per heavy atom. The van der Waals surface area contributed by atoms with Gasteiger partial charge in [-0.05, 0) is 48.7 Å². The number of halogens is 3. The maximum absolute atomic E-state index is 12.8. The van der Waals surface area contributed by atoms with Crippen LogP contribution in [-0.4, -0.2) is 45.6 Å². The standard InChI is InChI=1S/C21H20F3NO7/c1-11(25-10-15(26)13-3-2-4-14(9-13)21(22,23)24)7-12-5-6-16-17(8-12)32-20(31-16,18(27)28)19(29)30/h2-6,8-9,11,15,25-26H,7,10H2,1H3,(H,27,28)(H,29,30). The number of hydrogen-bond acceptors (Lipinski definition) is 6. The van der Waals surface area contributed by atoms with E-state index in [0.29, 0.717) is 12.0 Å². The molecule has 4 N–H and O–H groups in total. The van der Waals surface area contributed by atoms with Gasteiger partial charge in [-0.3, -0.25) is 0 Å². The zero-order valence-electron chi connectivity index (χ0n) is 16.7. The fourth-order valence-electron chi connectivity index (χ4n) is 3.22. The van der Waals surface area contributed by atoms with Crippen LogP contribution in [0, 0.1) is 0 Å². The van der Waals surface area contributed by atoms with Gasteiger partial charge in [-0.2, -0.15) is 13.2 Å². The van der Waals surface area contributed by atoms with E-state index < -0.39 is 35.6 Å². The number of ether oxygens (including phenoxy) is 2. The molecule has 1 aliphatic rings. The number of fused-ring (bicyclic) bond motifs is 1. The Morgan fingerprint density at radius 1 is 1.06 bits per heavy atom. The molecular formula is C21H20F3NO7. The van der Waals surface area contributed by atoms with Crippen molar-refractivity contribution in [1.29, 1.82) is 0 Å². The molecule has 2 unspecified atom stereocenters. The molecule has 2 aromatic carbocycles. The van der Waals surface area contributed by atoms with E-state index in [9.17, 15) is 38.1 Å². The number of hydrogen-bond donors (Lipinski definition) is 4. The average Bonchev–Trinajstić information content (AvgIpc) is 3.12. The normalized spacial score (nSPS) is 16.4. The third-order valence-electron chi connectivity index (χ3n) is 4.88. The highest BCUT2D eigenvalue weighted by Gasteiger charge is 2.57. The number of carbonyl (C=O) groups is 2. The highest BCUT2D eigenvalue weighted by atomic mass is 19.4. The van der Waals surface area contributed by atoms with Crippen LogP contribution in [-0.2, 0) is 22.2 Å². The highest BCUT2D eigenvalue weighted by Crippen LogP contribution is 2.40. The van der Waals surface area contributed by atoms with Crippen molar-refractivity contribution in [2.45, 2.75) is 37.5 Å². The summed E-state index contributed by atoms with van der Waals surface area (Å²) < 4.78 is 48.6. The van der Waals surface area contributed by atoms with Crippen LogP contribution in [0.2, 0.25) is 0 Å². The smallest absolute Gasteiger partial charge is 0.453 e. The molecule has 0 saturated heterocycles. The van der Waals surface area contributed by atoms with Gasteiger partial charge in [0.25, 0.3) is 0 Å². The van der Waals surface area contributed by atoms with Crippen LogP contribution >= 0.6 is 0 Å². The quantitative estimate of drug-likeness (QED) is 0.448. The van der Waals surface area contributed by atoms with E-state index in [0.717, 1.165) is 12.1 Å². The summed E-state index contributed by atoms with van der Waals surface area (Å²) in [6.07, 6.45) is -5.29. The minimum atomic E-state index is -4.51. The molecule has 0 aliphatic carbocycles. The van der Waals surface area contributed by atoms with Gasteiger partial charge in [-0.1, -0.05) is 18.2 Å². The lowest BCUT2D eigenvalue weighted by Crippen LogP contribution is -2.54. The zero-order chi connectivity index (χ0) is 23.7. The van der Waals surface area contributed by atoms with Gasteiger partial charge in [0.1, 0.15) is 0 Å². The molecular weight excluding hydrogens is 435 g/mol. The molecule has 1 heterocycles. The third-order valence-corrected chi connectivity index (χ3v) is 4.88. The molecule has 0 aromatic heterocycles. The molecule has 3 rings (SSSR count). The topological polar surface area (TPSA) is 125 Å². The van der Waals surface area contributed by atoms with Crippen LogP contribution in [0.15, 0.2) is 42.5 Å². The lowest BCUT2D eigenvalue weighted by atomic mass is 10.0. The summed E-state index contributed by atoms with van der Waals surface area (Å²) >= 11 is 0. The molecule has 1 aliphatic heterocycles. The van der Waals surface area contributed by atoms with Crippen molar-refractivity contribution in [2.75, 3.05) is 6.54 Å². The molecule has 0 fully saturated rings. The van der Waals surface area contributed by atoms with Crippen LogP contribution in [0.5, 0.6) is 11.5 Å². The lowest BCUT2D eigenvalue weighted by molar-refractivity contribution is -0.194. The van der Waals surface area contributed by atoms with Crippen LogP contribution in [0.4, 0.5) is 13.2 Å². The first-order chi connectivity index (χ1) is 14.9. The largest absolute Gasteiger partial charge is 0.475 e. The second-order valence-electron chi connectivity index (χ2n) is 7.36. The zero-order valence-corrected chi connectivity index (χ0v) is 16.7. The Hall–Kier alpha value is -3.31. The molecule has 0 bridgehead atoms. The number of aliphatic carboxylic acids is 2. The Labute approximate surface area is 180 Å². The van der Waals surface area contributed by atoms with E-state index in [-0.39, 0.29) is 29.6 Å². The van der Waals surface area contributed by atoms with Gasteiger partial charge in [0.05, 0.1) is 11.7 Å². The maximum atomic E-state index is 12.8. The first-order valence-electron chi connectivity index (χ1n) is 9.48. The number of benzene rings is 2. The van der Waals surface area contributed by atoms with Crippen molar-refractivity contribution in [2.24, 2.45) is 0 Å². The molecule has 8 nitrogen and oxygen atoms in total. The minimum absolute atomic E-state index is 0.00579. The predicted molar refractivity (Wildman–Crippen MR) is 103 cm³/mol. The van der Waals surface area contributed by atoms with E-state index in [1.807, 2.05) is 0 Å². The molecule has 2 aromatic rings. The number of nitrogens with one attached hydrogen (secondary N) is 1. The van der Waals surface area contributed by atoms with Gasteiger partial charge < -0.3 is 30.1 Å². The Bertz CT molecular complexity index is 1010. The van der Waals surface area contributed by atoms with Gasteiger partial charge in [-0.15, -0.1) is 0 Å². The number of alkyl halides is 3. The van der Waals surface area contributed by atoms with E-state index >= 15 is 0 Å². The monoisotopic (exact) mass is 455 g/mol. The van der Waals surface area contributed by atoms with Crippen LogP contribution in [0.1, 0.15) is 29.7 Å². The number of aliphatic hydroxyl groups is 1. The predicted octanol–water partition coefficient (Wildman–Crippen LogP) is 2.60. The van der Waals surface area contributed by atoms with Gasteiger partial charge in [0.15, 0.2) is 11.5 Å². The van der Waals surface area contributed by atoms with Gasteiger partial charge in [0, 0.05) is 12.6 Å². The Balaban J connectivity index is 1.61. The summed E-state index contributed by atoms with van der Waals surface area (Å²) in [6.45, 7) is 1.77. The van der Waals surface area contributed by atoms with Crippen LogP contribution < -0.4 is 14.8 Å². The second kappa shape index (κ2) is 8.67. The molecule has 11 heteroatoms. The molecule has 2 atom stereocenters. The first kappa shape index (κ1) is 23.4. The lowest BCUT2D eigenvalue weighted by Gasteiger charge is -2.18. The minimum Gasteiger partial charge on any atom is -0.475 e. The van der Waals surface area contributed by atoms with Gasteiger partial charge >= 0.3 is 23.9 Å². The fraction of sp³-hybridized carbons (Fsp3) is 0.333. The molecule has 0 saturated carbocycles. The van der Waals surface area contributed by atoms with E-state index in [2.05, 4.69) is 5.32 Å². The van der Waals surface area contributed by atoms with Gasteiger partial charge in [0.2, 0.25) is 0 Å². The van der Waals surface area contributed by atoms with Crippen molar-refractivity contribution >= 4 is 11.9 Å². The van der Waals surface area contributed by atoms with Gasteiger partial charge in [-0.25, -0.2) is 9.59 Å². The summed E-state index contributed by atoms with van der Waals surface area (Å²) in [6, 6.07) is 8.66. The summed E-state index contributed by atoms with van der Waals surface area (Å²) in [5.74, 6) is -6.52. The summed E-state index contributed by atoms with van der Waals surface area (Å²) in [5, 5.41) is 31.6. The maximum Gasteiger partial charge on any atom is 0.453 e. The SMILES string of the molecule is CC(Cc1ccc2c(c1)OC(C(=O)O)(C(=O)O)O2)NCC(O)c1cccc(C(F)(F)F)c1. The average molecular weight is 455 g/mol. The number of carboxylic acid groups (broad SMARTS) is 2. The van der Waals surface area contributed by atoms with Crippen molar-refractivity contribution in [3.05, 3.63) is 59.2 Å². The van der Waals surface area contributed by atoms with Crippen molar-refractivity contribution in [1.82, 2.24) is 5.32 Å². The number of carboxylic acids is 2. The number of aliphatic hydroxyl groups excluding tert-OH is 1. The van der Waals surface area contributed by atoms with Crippen molar-refractivity contribution in [3.8, 4) is 11.5 Å². The Morgan fingerprint density at radius 2 is 1.72 bits per heavy atom. The fourth-order valence-corrected chi connectivity index (χ4v) is 3.22. The third kappa shape index (κ3) is 4.78. The highest BCUT2D eigenvalue weighted by molar-refractivity contribution is 6.01. The molecule has 172 valence electrons. The van der Waals surface area contributed by atoms with Crippen molar-refractivity contribution in [3.63, 3.8) is 0 Å². The van der Waals surface area contributed by atoms with Crippen LogP contribution in [0.3, 0.4) is 0 Å². The summed E-state index contributed by atoms with van der Waals surface area (Å²) in [5.41, 5.74) is -0.0602. The first-order valence-corrected chi connectivity index (χ1v) is 9.48. The number of rotatable bonds is 8. The van der Waals surface area contributed by atoms with Crippen LogP contribution in [0.25, 0.3) is 0 Å². The summed E-state index contributed by atoms with van der Waals surface area (Å²) in [4.78, 5) is 22.6. The van der Waals surface area contributed by atoms with Crippen molar-refractivity contribution < 1.29 is 47.6 Å². The summed E-state index contributed by atoms with van der Waals surface area (Å²) in [7, 11) is 0. The van der Waals surface area contributed by atoms with E-state index in [4.69, 9.17) is 9.47 Å². The Kier molecular flexibility index (Phi) is 6.33. The second-order valence-corrected chi connectivity index (χ2v) is 7.36. The molecule has 0 amide bonds. The van der Waals surface area contributed by atoms with E-state index in [1.54, 1.807) is 13.0 Å². The van der Waals surface area contributed by atoms with E-state index in [1.165, 1.54) is 24.3 Å².